The monoisotopic (exact) mass is 400 g/mol. The summed E-state index contributed by atoms with van der Waals surface area (Å²) in [6.45, 7) is 2.30. The van der Waals surface area contributed by atoms with Gasteiger partial charge in [0.1, 0.15) is 0 Å². The fourth-order valence-corrected chi connectivity index (χ4v) is 5.03. The molecule has 0 saturated heterocycles. The third-order valence-corrected chi connectivity index (χ3v) is 6.80. The first-order chi connectivity index (χ1) is 13.1. The molecule has 1 aliphatic carbocycles. The van der Waals surface area contributed by atoms with Crippen LogP contribution in [-0.4, -0.2) is 23.3 Å². The highest BCUT2D eigenvalue weighted by Crippen LogP contribution is 2.37. The molecule has 4 rings (SSSR count). The van der Waals surface area contributed by atoms with Gasteiger partial charge >= 0.3 is 5.97 Å². The van der Waals surface area contributed by atoms with E-state index < -0.39 is 0 Å². The fourth-order valence-electron chi connectivity index (χ4n) is 3.18. The predicted molar refractivity (Wildman–Crippen MR) is 106 cm³/mol. The lowest BCUT2D eigenvalue weighted by Crippen LogP contribution is -2.07. The predicted octanol–water partition coefficient (Wildman–Crippen LogP) is 5.00. The van der Waals surface area contributed by atoms with E-state index in [0.29, 0.717) is 22.4 Å². The zero-order valence-corrected chi connectivity index (χ0v) is 16.9. The largest absolute Gasteiger partial charge is 0.465 e. The van der Waals surface area contributed by atoms with E-state index in [4.69, 9.17) is 9.15 Å². The molecule has 0 aliphatic heterocycles. The standard InChI is InChI=1S/C20H20N2O3S2/c1-12-3-8-16-15(9-12)10-17(27-16)18-21-22-20(25-18)26-11-13-4-6-14(7-5-13)19(23)24-2/h4-7,10,12H,3,8-9,11H2,1-2H3/t12-/m0/s1. The van der Waals surface area contributed by atoms with E-state index >= 15 is 0 Å². The zero-order valence-electron chi connectivity index (χ0n) is 15.2. The molecule has 0 bridgehead atoms. The number of methoxy groups -OCH3 is 1. The van der Waals surface area contributed by atoms with Crippen LogP contribution in [0, 0.1) is 5.92 Å². The number of fused-ring (bicyclic) bond motifs is 1. The van der Waals surface area contributed by atoms with Crippen molar-refractivity contribution in [2.75, 3.05) is 7.11 Å². The minimum absolute atomic E-state index is 0.330. The number of hydrogen-bond acceptors (Lipinski definition) is 7. The molecular formula is C20H20N2O3S2. The molecule has 1 aliphatic rings. The van der Waals surface area contributed by atoms with Crippen LogP contribution in [0.15, 0.2) is 40.0 Å². The van der Waals surface area contributed by atoms with Crippen molar-refractivity contribution in [3.8, 4) is 10.8 Å². The number of carbonyl (C=O) groups excluding carboxylic acids is 1. The van der Waals surface area contributed by atoms with Gasteiger partial charge in [-0.15, -0.1) is 21.5 Å². The summed E-state index contributed by atoms with van der Waals surface area (Å²) < 4.78 is 10.6. The lowest BCUT2D eigenvalue weighted by atomic mass is 9.90. The average molecular weight is 401 g/mol. The van der Waals surface area contributed by atoms with Gasteiger partial charge in [0, 0.05) is 10.6 Å². The number of thiophene rings is 1. The summed E-state index contributed by atoms with van der Waals surface area (Å²) in [7, 11) is 1.38. The second-order valence-electron chi connectivity index (χ2n) is 6.76. The minimum atomic E-state index is -0.330. The van der Waals surface area contributed by atoms with Gasteiger partial charge in [0.2, 0.25) is 0 Å². The van der Waals surface area contributed by atoms with Crippen LogP contribution < -0.4 is 0 Å². The highest BCUT2D eigenvalue weighted by atomic mass is 32.2. The van der Waals surface area contributed by atoms with Gasteiger partial charge in [0.25, 0.3) is 11.1 Å². The van der Waals surface area contributed by atoms with Crippen LogP contribution in [-0.2, 0) is 23.3 Å². The van der Waals surface area contributed by atoms with E-state index in [-0.39, 0.29) is 5.97 Å². The Labute approximate surface area is 166 Å². The van der Waals surface area contributed by atoms with E-state index in [2.05, 4.69) is 23.2 Å². The molecule has 1 atom stereocenters. The van der Waals surface area contributed by atoms with Crippen LogP contribution in [0.3, 0.4) is 0 Å². The number of carbonyl (C=O) groups is 1. The molecule has 5 nitrogen and oxygen atoms in total. The summed E-state index contributed by atoms with van der Waals surface area (Å²) in [5, 5.41) is 8.95. The Kier molecular flexibility index (Phi) is 5.31. The average Bonchev–Trinajstić information content (AvgIpc) is 3.32. The molecule has 2 heterocycles. The van der Waals surface area contributed by atoms with E-state index in [1.807, 2.05) is 12.1 Å². The summed E-state index contributed by atoms with van der Waals surface area (Å²) in [6, 6.07) is 9.55. The number of nitrogens with zero attached hydrogens (tertiary/aromatic N) is 2. The first-order valence-corrected chi connectivity index (χ1v) is 10.7. The molecule has 0 spiro atoms. The van der Waals surface area contributed by atoms with Gasteiger partial charge in [-0.1, -0.05) is 30.8 Å². The summed E-state index contributed by atoms with van der Waals surface area (Å²) in [6.07, 6.45) is 3.55. The number of aryl methyl sites for hydroxylation is 1. The number of ether oxygens (including phenoxy) is 1. The highest BCUT2D eigenvalue weighted by Gasteiger charge is 2.21. The lowest BCUT2D eigenvalue weighted by molar-refractivity contribution is 0.0600. The van der Waals surface area contributed by atoms with Crippen molar-refractivity contribution < 1.29 is 13.9 Å². The van der Waals surface area contributed by atoms with E-state index in [1.165, 1.54) is 35.7 Å². The van der Waals surface area contributed by atoms with Crippen molar-refractivity contribution in [3.63, 3.8) is 0 Å². The zero-order chi connectivity index (χ0) is 18.8. The normalized spacial score (nSPS) is 16.1. The highest BCUT2D eigenvalue weighted by molar-refractivity contribution is 7.98. The van der Waals surface area contributed by atoms with Crippen LogP contribution in [0.2, 0.25) is 0 Å². The van der Waals surface area contributed by atoms with Crippen LogP contribution in [0.4, 0.5) is 0 Å². The second-order valence-corrected chi connectivity index (χ2v) is 8.82. The fraction of sp³-hybridized carbons (Fsp3) is 0.350. The molecule has 140 valence electrons. The topological polar surface area (TPSA) is 65.2 Å². The quantitative estimate of drug-likeness (QED) is 0.443. The summed E-state index contributed by atoms with van der Waals surface area (Å²) in [4.78, 5) is 14.0. The van der Waals surface area contributed by atoms with Gasteiger partial charge in [-0.25, -0.2) is 4.79 Å². The van der Waals surface area contributed by atoms with Crippen molar-refractivity contribution in [1.82, 2.24) is 10.2 Å². The van der Waals surface area contributed by atoms with Gasteiger partial charge in [-0.2, -0.15) is 0 Å². The molecule has 3 aromatic rings. The van der Waals surface area contributed by atoms with Crippen LogP contribution >= 0.6 is 23.1 Å². The van der Waals surface area contributed by atoms with Crippen molar-refractivity contribution in [2.24, 2.45) is 5.92 Å². The third kappa shape index (κ3) is 4.09. The van der Waals surface area contributed by atoms with E-state index in [9.17, 15) is 4.79 Å². The van der Waals surface area contributed by atoms with Gasteiger partial charge < -0.3 is 9.15 Å². The maximum atomic E-state index is 11.5. The Morgan fingerprint density at radius 2 is 2.15 bits per heavy atom. The molecule has 0 saturated carbocycles. The molecule has 2 aromatic heterocycles. The first-order valence-electron chi connectivity index (χ1n) is 8.88. The van der Waals surface area contributed by atoms with Gasteiger partial charge in [-0.05, 0) is 54.5 Å². The summed E-state index contributed by atoms with van der Waals surface area (Å²) in [5.41, 5.74) is 3.06. The lowest BCUT2D eigenvalue weighted by Gasteiger charge is -2.16. The number of aromatic nitrogens is 2. The summed E-state index contributed by atoms with van der Waals surface area (Å²) >= 11 is 3.27. The molecule has 0 amide bonds. The molecule has 0 radical (unpaired) electrons. The molecule has 0 N–H and O–H groups in total. The minimum Gasteiger partial charge on any atom is -0.465 e. The van der Waals surface area contributed by atoms with Crippen LogP contribution in [0.5, 0.6) is 0 Å². The van der Waals surface area contributed by atoms with Crippen LogP contribution in [0.1, 0.15) is 39.7 Å². The maximum absolute atomic E-state index is 11.5. The molecule has 1 aromatic carbocycles. The Morgan fingerprint density at radius 3 is 2.93 bits per heavy atom. The number of esters is 1. The number of rotatable bonds is 5. The molecular weight excluding hydrogens is 380 g/mol. The van der Waals surface area contributed by atoms with Gasteiger partial charge in [0.15, 0.2) is 0 Å². The number of thioether (sulfide) groups is 1. The number of benzene rings is 1. The van der Waals surface area contributed by atoms with Crippen molar-refractivity contribution >= 4 is 29.1 Å². The van der Waals surface area contributed by atoms with E-state index in [1.54, 1.807) is 23.5 Å². The van der Waals surface area contributed by atoms with Gasteiger partial charge in [0.05, 0.1) is 17.6 Å². The van der Waals surface area contributed by atoms with Crippen LogP contribution in [0.25, 0.3) is 10.8 Å². The number of hydrogen-bond donors (Lipinski definition) is 0. The van der Waals surface area contributed by atoms with Crippen molar-refractivity contribution in [3.05, 3.63) is 51.9 Å². The third-order valence-electron chi connectivity index (χ3n) is 4.68. The summed E-state index contributed by atoms with van der Waals surface area (Å²) in [5.74, 6) is 1.72. The van der Waals surface area contributed by atoms with Crippen molar-refractivity contribution in [1.29, 1.82) is 0 Å². The van der Waals surface area contributed by atoms with Crippen molar-refractivity contribution in [2.45, 2.75) is 37.2 Å². The maximum Gasteiger partial charge on any atom is 0.337 e. The molecule has 0 fully saturated rings. The second kappa shape index (κ2) is 7.86. The van der Waals surface area contributed by atoms with E-state index in [0.717, 1.165) is 29.2 Å². The molecule has 27 heavy (non-hydrogen) atoms. The Hall–Kier alpha value is -2.12. The molecule has 0 unspecified atom stereocenters. The first kappa shape index (κ1) is 18.3. The Balaban J connectivity index is 1.41. The Bertz CT molecular complexity index is 947. The smallest absolute Gasteiger partial charge is 0.337 e. The van der Waals surface area contributed by atoms with Gasteiger partial charge in [-0.3, -0.25) is 0 Å². The Morgan fingerprint density at radius 1 is 1.33 bits per heavy atom. The molecule has 7 heteroatoms. The SMILES string of the molecule is COC(=O)c1ccc(CSc2nnc(-c3cc4c(s3)CC[C@H](C)C4)o2)cc1.